The molecule has 0 saturated heterocycles. The highest BCUT2D eigenvalue weighted by molar-refractivity contribution is 7.91. The van der Waals surface area contributed by atoms with Gasteiger partial charge in [0.25, 0.3) is 0 Å². The zero-order valence-corrected chi connectivity index (χ0v) is 15.0. The lowest BCUT2D eigenvalue weighted by molar-refractivity contribution is -0.115. The standard InChI is InChI=1S/C16H13ClN2O3S2/c1-24(21,22)14-8-11(7-13-16(14)18-9-23-13)19-15(20)6-10-4-2-3-5-12(10)17/h2-5,7-9H,6H2,1H3,(H,19,20). The first kappa shape index (κ1) is 16.9. The molecule has 1 aromatic heterocycles. The van der Waals surface area contributed by atoms with E-state index in [1.54, 1.807) is 35.8 Å². The number of hydrogen-bond donors (Lipinski definition) is 1. The summed E-state index contributed by atoms with van der Waals surface area (Å²) in [6, 6.07) is 10.2. The molecule has 5 nitrogen and oxygen atoms in total. The number of aromatic nitrogens is 1. The van der Waals surface area contributed by atoms with Gasteiger partial charge in [-0.05, 0) is 23.8 Å². The normalized spacial score (nSPS) is 11.6. The van der Waals surface area contributed by atoms with E-state index in [0.717, 1.165) is 6.26 Å². The SMILES string of the molecule is CS(=O)(=O)c1cc(NC(=O)Cc2ccccc2Cl)cc2scnc12. The number of nitrogens with zero attached hydrogens (tertiary/aromatic N) is 1. The van der Waals surface area contributed by atoms with Gasteiger partial charge in [-0.25, -0.2) is 13.4 Å². The second kappa shape index (κ2) is 6.51. The summed E-state index contributed by atoms with van der Waals surface area (Å²) in [7, 11) is -3.45. The van der Waals surface area contributed by atoms with Gasteiger partial charge >= 0.3 is 0 Å². The number of thiazole rings is 1. The Labute approximate surface area is 148 Å². The molecule has 3 aromatic rings. The lowest BCUT2D eigenvalue weighted by Crippen LogP contribution is -2.15. The van der Waals surface area contributed by atoms with Crippen molar-refractivity contribution in [2.45, 2.75) is 11.3 Å². The molecule has 0 saturated carbocycles. The summed E-state index contributed by atoms with van der Waals surface area (Å²) in [4.78, 5) is 16.4. The first-order valence-corrected chi connectivity index (χ1v) is 10.1. The number of anilines is 1. The highest BCUT2D eigenvalue weighted by Gasteiger charge is 2.17. The highest BCUT2D eigenvalue weighted by Crippen LogP contribution is 2.29. The number of rotatable bonds is 4. The first-order chi connectivity index (χ1) is 11.3. The Hall–Kier alpha value is -1.96. The quantitative estimate of drug-likeness (QED) is 0.751. The monoisotopic (exact) mass is 380 g/mol. The first-order valence-electron chi connectivity index (χ1n) is 6.95. The molecule has 0 aliphatic heterocycles. The van der Waals surface area contributed by atoms with Crippen molar-refractivity contribution in [1.29, 1.82) is 0 Å². The molecule has 0 unspecified atom stereocenters. The molecule has 0 fully saturated rings. The predicted molar refractivity (Wildman–Crippen MR) is 96.5 cm³/mol. The van der Waals surface area contributed by atoms with Crippen molar-refractivity contribution in [3.63, 3.8) is 0 Å². The minimum atomic E-state index is -3.45. The molecule has 0 atom stereocenters. The molecule has 0 aliphatic rings. The average Bonchev–Trinajstić information content (AvgIpc) is 2.96. The third kappa shape index (κ3) is 3.58. The Bertz CT molecular complexity index is 1030. The van der Waals surface area contributed by atoms with E-state index in [9.17, 15) is 13.2 Å². The summed E-state index contributed by atoms with van der Waals surface area (Å²) in [6.07, 6.45) is 1.23. The second-order valence-corrected chi connectivity index (χ2v) is 8.54. The number of benzene rings is 2. The lowest BCUT2D eigenvalue weighted by Gasteiger charge is -2.09. The van der Waals surface area contributed by atoms with Gasteiger partial charge in [-0.3, -0.25) is 4.79 Å². The van der Waals surface area contributed by atoms with E-state index in [1.165, 1.54) is 17.4 Å². The Morgan fingerprint density at radius 3 is 2.75 bits per heavy atom. The summed E-state index contributed by atoms with van der Waals surface area (Å²) in [6.45, 7) is 0. The Balaban J connectivity index is 1.90. The van der Waals surface area contributed by atoms with Crippen LogP contribution in [0.1, 0.15) is 5.56 Å². The third-order valence-electron chi connectivity index (χ3n) is 3.39. The van der Waals surface area contributed by atoms with Crippen LogP contribution < -0.4 is 5.32 Å². The summed E-state index contributed by atoms with van der Waals surface area (Å²) in [5.41, 5.74) is 3.13. The fraction of sp³-hybridized carbons (Fsp3) is 0.125. The van der Waals surface area contributed by atoms with E-state index in [-0.39, 0.29) is 17.2 Å². The predicted octanol–water partition coefficient (Wildman–Crippen LogP) is 3.53. The van der Waals surface area contributed by atoms with Gasteiger partial charge in [-0.2, -0.15) is 0 Å². The van der Waals surface area contributed by atoms with Crippen molar-refractivity contribution in [1.82, 2.24) is 4.98 Å². The molecule has 0 bridgehead atoms. The molecule has 24 heavy (non-hydrogen) atoms. The molecular formula is C16H13ClN2O3S2. The van der Waals surface area contributed by atoms with Crippen LogP contribution in [0, 0.1) is 0 Å². The van der Waals surface area contributed by atoms with Crippen LogP contribution in [0.4, 0.5) is 5.69 Å². The molecular weight excluding hydrogens is 368 g/mol. The smallest absolute Gasteiger partial charge is 0.228 e. The van der Waals surface area contributed by atoms with Crippen molar-refractivity contribution in [3.05, 3.63) is 52.5 Å². The molecule has 0 aliphatic carbocycles. The molecule has 0 spiro atoms. The van der Waals surface area contributed by atoms with Crippen molar-refractivity contribution < 1.29 is 13.2 Å². The molecule has 0 radical (unpaired) electrons. The van der Waals surface area contributed by atoms with Crippen LogP contribution in [0.2, 0.25) is 5.02 Å². The van der Waals surface area contributed by atoms with Gasteiger partial charge < -0.3 is 5.32 Å². The fourth-order valence-corrected chi connectivity index (χ4v) is 4.17. The van der Waals surface area contributed by atoms with Crippen molar-refractivity contribution in [2.75, 3.05) is 11.6 Å². The minimum Gasteiger partial charge on any atom is -0.326 e. The molecule has 3 rings (SSSR count). The van der Waals surface area contributed by atoms with E-state index < -0.39 is 9.84 Å². The van der Waals surface area contributed by atoms with E-state index >= 15 is 0 Å². The zero-order chi connectivity index (χ0) is 17.3. The van der Waals surface area contributed by atoms with Crippen LogP contribution in [0.25, 0.3) is 10.2 Å². The van der Waals surface area contributed by atoms with Crippen molar-refractivity contribution in [2.24, 2.45) is 0 Å². The number of carbonyl (C=O) groups is 1. The largest absolute Gasteiger partial charge is 0.326 e. The van der Waals surface area contributed by atoms with Crippen molar-refractivity contribution >= 4 is 54.6 Å². The van der Waals surface area contributed by atoms with Crippen LogP contribution in [0.15, 0.2) is 46.8 Å². The van der Waals surface area contributed by atoms with E-state index in [1.807, 2.05) is 0 Å². The molecule has 2 aromatic carbocycles. The number of sulfone groups is 1. The second-order valence-electron chi connectivity index (χ2n) is 5.26. The highest BCUT2D eigenvalue weighted by atomic mass is 35.5. The van der Waals surface area contributed by atoms with Crippen molar-refractivity contribution in [3.8, 4) is 0 Å². The average molecular weight is 381 g/mol. The number of halogens is 1. The summed E-state index contributed by atoms with van der Waals surface area (Å²) < 4.78 is 24.6. The maximum absolute atomic E-state index is 12.2. The molecule has 8 heteroatoms. The lowest BCUT2D eigenvalue weighted by atomic mass is 10.1. The molecule has 1 heterocycles. The maximum atomic E-state index is 12.2. The topological polar surface area (TPSA) is 76.1 Å². The van der Waals surface area contributed by atoms with Crippen LogP contribution in [-0.4, -0.2) is 25.6 Å². The zero-order valence-electron chi connectivity index (χ0n) is 12.6. The van der Waals surface area contributed by atoms with Crippen LogP contribution in [0.5, 0.6) is 0 Å². The summed E-state index contributed by atoms with van der Waals surface area (Å²) in [5, 5.41) is 3.25. The van der Waals surface area contributed by atoms with Gasteiger partial charge in [0.1, 0.15) is 0 Å². The van der Waals surface area contributed by atoms with E-state index in [0.29, 0.717) is 26.5 Å². The van der Waals surface area contributed by atoms with Gasteiger partial charge in [0.05, 0.1) is 27.0 Å². The Kier molecular flexibility index (Phi) is 4.58. The van der Waals surface area contributed by atoms with Crippen LogP contribution in [0.3, 0.4) is 0 Å². The van der Waals surface area contributed by atoms with E-state index in [2.05, 4.69) is 10.3 Å². The van der Waals surface area contributed by atoms with Gasteiger partial charge in [-0.1, -0.05) is 29.8 Å². The van der Waals surface area contributed by atoms with E-state index in [4.69, 9.17) is 11.6 Å². The maximum Gasteiger partial charge on any atom is 0.228 e. The van der Waals surface area contributed by atoms with Gasteiger partial charge in [0, 0.05) is 17.0 Å². The fourth-order valence-electron chi connectivity index (χ4n) is 2.31. The summed E-state index contributed by atoms with van der Waals surface area (Å²) in [5.74, 6) is -0.272. The molecule has 1 N–H and O–H groups in total. The molecule has 124 valence electrons. The number of amides is 1. The Morgan fingerprint density at radius 2 is 2.04 bits per heavy atom. The number of nitrogens with one attached hydrogen (secondary N) is 1. The van der Waals surface area contributed by atoms with Crippen LogP contribution >= 0.6 is 22.9 Å². The van der Waals surface area contributed by atoms with Crippen LogP contribution in [-0.2, 0) is 21.1 Å². The summed E-state index contributed by atoms with van der Waals surface area (Å²) >= 11 is 7.37. The minimum absolute atomic E-state index is 0.106. The number of carbonyl (C=O) groups excluding carboxylic acids is 1. The number of hydrogen-bond acceptors (Lipinski definition) is 5. The number of fused-ring (bicyclic) bond motifs is 1. The Morgan fingerprint density at radius 1 is 1.29 bits per heavy atom. The van der Waals surface area contributed by atoms with Gasteiger partial charge in [-0.15, -0.1) is 11.3 Å². The molecule has 1 amide bonds. The van der Waals surface area contributed by atoms with Gasteiger partial charge in [0.2, 0.25) is 5.91 Å². The van der Waals surface area contributed by atoms with Gasteiger partial charge in [0.15, 0.2) is 9.84 Å². The third-order valence-corrected chi connectivity index (χ3v) is 5.65.